The van der Waals surface area contributed by atoms with Gasteiger partial charge in [0.05, 0.1) is 6.61 Å². The van der Waals surface area contributed by atoms with Crippen molar-refractivity contribution in [3.8, 4) is 11.8 Å². The minimum Gasteiger partial charge on any atom is -0.462 e. The van der Waals surface area contributed by atoms with Crippen LogP contribution in [0.1, 0.15) is 23.6 Å². The van der Waals surface area contributed by atoms with Gasteiger partial charge in [-0.05, 0) is 55.8 Å². The molecule has 1 aliphatic rings. The summed E-state index contributed by atoms with van der Waals surface area (Å²) in [5.41, 5.74) is 3.34. The van der Waals surface area contributed by atoms with E-state index >= 15 is 0 Å². The van der Waals surface area contributed by atoms with Crippen LogP contribution in [-0.2, 0) is 19.1 Å². The van der Waals surface area contributed by atoms with Crippen LogP contribution in [0.15, 0.2) is 59.9 Å². The van der Waals surface area contributed by atoms with E-state index in [0.717, 1.165) is 16.5 Å². The first-order valence-electron chi connectivity index (χ1n) is 10.3. The number of anilines is 1. The molecule has 0 aliphatic carbocycles. The number of hydrogen-bond acceptors (Lipinski definition) is 7. The largest absolute Gasteiger partial charge is 0.462 e. The van der Waals surface area contributed by atoms with Gasteiger partial charge in [0.15, 0.2) is 11.3 Å². The molecule has 0 amide bonds. The van der Waals surface area contributed by atoms with Crippen LogP contribution in [0.2, 0.25) is 0 Å². The molecule has 3 aromatic rings. The Labute approximate surface area is 189 Å². The Kier molecular flexibility index (Phi) is 6.24. The molecule has 4 rings (SSSR count). The number of nitrogens with one attached hydrogen (secondary N) is 2. The lowest BCUT2D eigenvalue weighted by molar-refractivity contribution is -0.139. The van der Waals surface area contributed by atoms with Crippen LogP contribution in [0, 0.1) is 18.8 Å². The van der Waals surface area contributed by atoms with Gasteiger partial charge < -0.3 is 24.9 Å². The molecule has 8 nitrogen and oxygen atoms in total. The van der Waals surface area contributed by atoms with E-state index in [4.69, 9.17) is 14.6 Å². The van der Waals surface area contributed by atoms with E-state index in [1.54, 1.807) is 43.6 Å². The van der Waals surface area contributed by atoms with Crippen molar-refractivity contribution in [3.63, 3.8) is 0 Å². The highest BCUT2D eigenvalue weighted by Crippen LogP contribution is 2.31. The number of fused-ring (bicyclic) bond motifs is 1. The van der Waals surface area contributed by atoms with Crippen LogP contribution in [0.3, 0.4) is 0 Å². The van der Waals surface area contributed by atoms with Gasteiger partial charge in [0.25, 0.3) is 0 Å². The van der Waals surface area contributed by atoms with Gasteiger partial charge in [-0.1, -0.05) is 11.8 Å². The predicted molar refractivity (Wildman–Crippen MR) is 123 cm³/mol. The Morgan fingerprint density at radius 3 is 2.97 bits per heavy atom. The molecule has 0 saturated carbocycles. The maximum absolute atomic E-state index is 13.1. The minimum absolute atomic E-state index is 0.0000383. The molecule has 1 aliphatic heterocycles. The number of aromatic nitrogens is 2. The van der Waals surface area contributed by atoms with Crippen LogP contribution in [0.4, 0.5) is 5.69 Å². The third kappa shape index (κ3) is 4.49. The average Bonchev–Trinajstić information content (AvgIpc) is 3.35. The maximum atomic E-state index is 13.1. The van der Waals surface area contributed by atoms with Crippen LogP contribution in [-0.4, -0.2) is 40.0 Å². The molecule has 0 fully saturated rings. The van der Waals surface area contributed by atoms with Gasteiger partial charge in [-0.15, -0.1) is 0 Å². The number of esters is 1. The van der Waals surface area contributed by atoms with Crippen molar-refractivity contribution in [1.82, 2.24) is 9.97 Å². The van der Waals surface area contributed by atoms with Crippen LogP contribution >= 0.6 is 0 Å². The van der Waals surface area contributed by atoms with E-state index in [-0.39, 0.29) is 30.4 Å². The number of rotatable bonds is 5. The number of H-pyrrole nitrogens is 1. The lowest BCUT2D eigenvalue weighted by atomic mass is 10.1. The first-order valence-corrected chi connectivity index (χ1v) is 10.3. The van der Waals surface area contributed by atoms with Gasteiger partial charge in [-0.2, -0.15) is 0 Å². The maximum Gasteiger partial charge on any atom is 0.347 e. The van der Waals surface area contributed by atoms with E-state index in [1.165, 1.54) is 0 Å². The molecular weight excluding hydrogens is 422 g/mol. The third-order valence-electron chi connectivity index (χ3n) is 4.93. The molecule has 0 bridgehead atoms. The number of ketones is 1. The summed E-state index contributed by atoms with van der Waals surface area (Å²) in [5, 5.41) is 12.7. The van der Waals surface area contributed by atoms with Gasteiger partial charge in [-0.3, -0.25) is 4.79 Å². The topological polar surface area (TPSA) is 114 Å². The molecule has 33 heavy (non-hydrogen) atoms. The summed E-state index contributed by atoms with van der Waals surface area (Å²) in [6.45, 7) is 3.40. The second-order valence-electron chi connectivity index (χ2n) is 7.12. The van der Waals surface area contributed by atoms with Crippen molar-refractivity contribution in [2.75, 3.05) is 18.5 Å². The van der Waals surface area contributed by atoms with Crippen LogP contribution in [0.5, 0.6) is 0 Å². The third-order valence-corrected chi connectivity index (χ3v) is 4.93. The quantitative estimate of drug-likeness (QED) is 0.240. The van der Waals surface area contributed by atoms with E-state index in [0.29, 0.717) is 16.9 Å². The zero-order chi connectivity index (χ0) is 23.4. The van der Waals surface area contributed by atoms with Gasteiger partial charge in [0.1, 0.15) is 12.3 Å². The van der Waals surface area contributed by atoms with Crippen molar-refractivity contribution in [1.29, 1.82) is 0 Å². The molecule has 1 aromatic carbocycles. The minimum atomic E-state index is -0.767. The number of aliphatic hydroxyl groups excluding tert-OH is 1. The van der Waals surface area contributed by atoms with E-state index in [1.807, 2.05) is 19.1 Å². The van der Waals surface area contributed by atoms with Crippen molar-refractivity contribution < 1.29 is 24.2 Å². The number of benzene rings is 1. The second kappa shape index (κ2) is 9.42. The molecule has 3 N–H and O–H groups in total. The lowest BCUT2D eigenvalue weighted by Crippen LogP contribution is -2.16. The standard InChI is InChI=1S/C25H21N3O5/c1-3-32-25(31)21-22(30)20(13-17-14-27-23-18(17)7-4-10-26-23)33-24(21)28-19-9-8-16(6-5-11-29)12-15(19)2/h4,7-10,12-14,28-29H,3,11H2,1-2H3,(H,26,27)/b20-13-. The fraction of sp³-hybridized carbons (Fsp3) is 0.160. The Balaban J connectivity index is 1.68. The fourth-order valence-electron chi connectivity index (χ4n) is 3.39. The van der Waals surface area contributed by atoms with E-state index in [2.05, 4.69) is 27.1 Å². The molecule has 166 valence electrons. The zero-order valence-electron chi connectivity index (χ0n) is 18.1. The Morgan fingerprint density at radius 2 is 2.21 bits per heavy atom. The monoisotopic (exact) mass is 443 g/mol. The number of aliphatic hydroxyl groups is 1. The van der Waals surface area contributed by atoms with Crippen LogP contribution < -0.4 is 5.32 Å². The van der Waals surface area contributed by atoms with Crippen molar-refractivity contribution in [2.45, 2.75) is 13.8 Å². The van der Waals surface area contributed by atoms with Crippen LogP contribution in [0.25, 0.3) is 17.1 Å². The number of nitrogens with zero attached hydrogens (tertiary/aromatic N) is 1. The normalized spacial score (nSPS) is 14.3. The van der Waals surface area contributed by atoms with Gasteiger partial charge in [0, 0.05) is 34.6 Å². The SMILES string of the molecule is CCOC(=O)C1=C(Nc2ccc(C#CCO)cc2C)O/C(=C\c2c[nH]c3ncccc23)C1=O. The Hall–Kier alpha value is -4.35. The highest BCUT2D eigenvalue weighted by Gasteiger charge is 2.37. The molecule has 0 spiro atoms. The Morgan fingerprint density at radius 1 is 1.36 bits per heavy atom. The smallest absolute Gasteiger partial charge is 0.347 e. The van der Waals surface area contributed by atoms with Crippen molar-refractivity contribution >= 4 is 34.5 Å². The second-order valence-corrected chi connectivity index (χ2v) is 7.12. The zero-order valence-corrected chi connectivity index (χ0v) is 18.1. The number of carbonyl (C=O) groups is 2. The summed E-state index contributed by atoms with van der Waals surface area (Å²) in [6.07, 6.45) is 4.95. The Bertz CT molecular complexity index is 1370. The van der Waals surface area contributed by atoms with E-state index < -0.39 is 11.8 Å². The number of pyridine rings is 1. The van der Waals surface area contributed by atoms with Crippen molar-refractivity contribution in [3.05, 3.63) is 76.6 Å². The average molecular weight is 443 g/mol. The highest BCUT2D eigenvalue weighted by atomic mass is 16.5. The molecule has 0 saturated heterocycles. The van der Waals surface area contributed by atoms with Gasteiger partial charge >= 0.3 is 5.97 Å². The number of aromatic amines is 1. The lowest BCUT2D eigenvalue weighted by Gasteiger charge is -2.11. The highest BCUT2D eigenvalue weighted by molar-refractivity contribution is 6.26. The molecule has 0 unspecified atom stereocenters. The summed E-state index contributed by atoms with van der Waals surface area (Å²) in [5.74, 6) is 4.09. The number of allylic oxidation sites excluding steroid dienone is 1. The van der Waals surface area contributed by atoms with E-state index in [9.17, 15) is 9.59 Å². The van der Waals surface area contributed by atoms with Gasteiger partial charge in [0.2, 0.25) is 11.7 Å². The number of ether oxygens (including phenoxy) is 2. The molecule has 8 heteroatoms. The molecule has 0 atom stereocenters. The summed E-state index contributed by atoms with van der Waals surface area (Å²) < 4.78 is 10.9. The predicted octanol–water partition coefficient (Wildman–Crippen LogP) is 3.04. The van der Waals surface area contributed by atoms with Gasteiger partial charge in [-0.25, -0.2) is 9.78 Å². The summed E-state index contributed by atoms with van der Waals surface area (Å²) in [4.78, 5) is 32.9. The molecule has 2 aromatic heterocycles. The summed E-state index contributed by atoms with van der Waals surface area (Å²) in [7, 11) is 0. The number of aryl methyl sites for hydroxylation is 1. The van der Waals surface area contributed by atoms with Crippen molar-refractivity contribution in [2.24, 2.45) is 0 Å². The number of carbonyl (C=O) groups excluding carboxylic acids is 2. The first kappa shape index (κ1) is 21.9. The molecular formula is C25H21N3O5. The fourth-order valence-corrected chi connectivity index (χ4v) is 3.39. The first-order chi connectivity index (χ1) is 16.0. The number of hydrogen-bond donors (Lipinski definition) is 3. The summed E-state index contributed by atoms with van der Waals surface area (Å²) >= 11 is 0. The summed E-state index contributed by atoms with van der Waals surface area (Å²) in [6, 6.07) is 9.00. The molecule has 0 radical (unpaired) electrons. The number of Topliss-reactive ketones (excluding diaryl/α,β-unsaturated/α-hetero) is 1. The molecule has 3 heterocycles.